The molecule has 1 aromatic carbocycles. The third-order valence-corrected chi connectivity index (χ3v) is 3.66. The highest BCUT2D eigenvalue weighted by Gasteiger charge is 2.36. The van der Waals surface area contributed by atoms with Gasteiger partial charge < -0.3 is 9.47 Å². The van der Waals surface area contributed by atoms with Gasteiger partial charge >= 0.3 is 14.1 Å². The summed E-state index contributed by atoms with van der Waals surface area (Å²) in [6, 6.07) is 6.53. The molecule has 1 rings (SSSR count). The predicted octanol–water partition coefficient (Wildman–Crippen LogP) is 3.80. The quantitative estimate of drug-likeness (QED) is 0.393. The summed E-state index contributed by atoms with van der Waals surface area (Å²) in [6.07, 6.45) is 0. The fraction of sp³-hybridized carbons (Fsp3) is 0.538. The van der Waals surface area contributed by atoms with Crippen molar-refractivity contribution in [2.24, 2.45) is 0 Å². The predicted molar refractivity (Wildman–Crippen MR) is 78.7 cm³/mol. The van der Waals surface area contributed by atoms with Gasteiger partial charge in [-0.2, -0.15) is 0 Å². The highest BCUT2D eigenvalue weighted by Crippen LogP contribution is 2.32. The highest BCUT2D eigenvalue weighted by molar-refractivity contribution is 7.39. The van der Waals surface area contributed by atoms with Crippen LogP contribution in [0.1, 0.15) is 19.4 Å². The molecule has 7 heteroatoms. The molecule has 0 aliphatic carbocycles. The van der Waals surface area contributed by atoms with E-state index in [9.17, 15) is 4.57 Å². The normalized spacial score (nSPS) is 12.2. The van der Waals surface area contributed by atoms with E-state index in [4.69, 9.17) is 25.7 Å². The van der Waals surface area contributed by atoms with Gasteiger partial charge in [0.25, 0.3) is 0 Å². The van der Waals surface area contributed by atoms with Gasteiger partial charge in [0.15, 0.2) is 0 Å². The average Bonchev–Trinajstić information content (AvgIpc) is 2.41. The minimum absolute atomic E-state index is 0.413. The van der Waals surface area contributed by atoms with Gasteiger partial charge in [0.1, 0.15) is 0 Å². The zero-order valence-corrected chi connectivity index (χ0v) is 13.6. The monoisotopic (exact) mass is 320 g/mol. The number of nitrogens with zero attached hydrogens (tertiary/aromatic N) is 1. The second-order valence-corrected chi connectivity index (χ2v) is 5.59. The molecular formula is C13H20ClNO4P+. The summed E-state index contributed by atoms with van der Waals surface area (Å²) in [7, 11) is -0.387. The van der Waals surface area contributed by atoms with E-state index in [0.717, 1.165) is 5.56 Å². The maximum atomic E-state index is 12.0. The van der Waals surface area contributed by atoms with E-state index in [1.54, 1.807) is 19.2 Å². The Kier molecular flexibility index (Phi) is 8.22. The van der Waals surface area contributed by atoms with Crippen molar-refractivity contribution in [2.45, 2.75) is 26.4 Å². The fourth-order valence-corrected chi connectivity index (χ4v) is 2.58. The van der Waals surface area contributed by atoms with Gasteiger partial charge in [-0.1, -0.05) is 23.7 Å². The molecule has 0 amide bonds. The maximum absolute atomic E-state index is 12.0. The Balaban J connectivity index is 2.49. The molecule has 112 valence electrons. The third-order valence-electron chi connectivity index (χ3n) is 2.33. The maximum Gasteiger partial charge on any atom is 0.591 e. The molecule has 1 atom stereocenters. The fourth-order valence-electron chi connectivity index (χ4n) is 1.51. The molecule has 0 fully saturated rings. The average molecular weight is 321 g/mol. The number of halogens is 1. The molecule has 0 spiro atoms. The highest BCUT2D eigenvalue weighted by atomic mass is 35.5. The number of benzene rings is 1. The molecule has 0 radical (unpaired) electrons. The Bertz CT molecular complexity index is 409. The Morgan fingerprint density at radius 1 is 1.20 bits per heavy atom. The van der Waals surface area contributed by atoms with Crippen molar-refractivity contribution in [1.82, 2.24) is 5.06 Å². The molecule has 0 saturated heterocycles. The molecular weight excluding hydrogens is 301 g/mol. The first kappa shape index (κ1) is 17.5. The van der Waals surface area contributed by atoms with Crippen molar-refractivity contribution in [3.05, 3.63) is 34.9 Å². The minimum atomic E-state index is -2.09. The van der Waals surface area contributed by atoms with E-state index in [2.05, 4.69) is 0 Å². The van der Waals surface area contributed by atoms with Crippen LogP contribution in [0.4, 0.5) is 0 Å². The second-order valence-electron chi connectivity index (χ2n) is 4.00. The molecule has 0 heterocycles. The van der Waals surface area contributed by atoms with Crippen LogP contribution >= 0.6 is 19.6 Å². The third kappa shape index (κ3) is 6.27. The molecule has 0 aliphatic rings. The largest absolute Gasteiger partial charge is 0.591 e. The first-order valence-corrected chi connectivity index (χ1v) is 8.02. The Morgan fingerprint density at radius 3 is 2.25 bits per heavy atom. The van der Waals surface area contributed by atoms with Crippen molar-refractivity contribution in [2.75, 3.05) is 20.3 Å². The van der Waals surface area contributed by atoms with Crippen LogP contribution in [0, 0.1) is 0 Å². The van der Waals surface area contributed by atoms with Gasteiger partial charge in [-0.05, 0) is 40.7 Å². The molecule has 5 nitrogen and oxygen atoms in total. The zero-order chi connectivity index (χ0) is 15.0. The van der Waals surface area contributed by atoms with Crippen LogP contribution in [0.15, 0.2) is 24.3 Å². The summed E-state index contributed by atoms with van der Waals surface area (Å²) in [4.78, 5) is 0. The number of rotatable bonds is 9. The lowest BCUT2D eigenvalue weighted by molar-refractivity contribution is -0.106. The van der Waals surface area contributed by atoms with Crippen LogP contribution in [0.5, 0.6) is 0 Å². The van der Waals surface area contributed by atoms with Crippen LogP contribution in [0.2, 0.25) is 5.02 Å². The summed E-state index contributed by atoms with van der Waals surface area (Å²) in [5.74, 6) is 0. The smallest absolute Gasteiger partial charge is 0.311 e. The van der Waals surface area contributed by atoms with E-state index in [-0.39, 0.29) is 0 Å². The van der Waals surface area contributed by atoms with Gasteiger partial charge in [-0.15, -0.1) is 5.06 Å². The number of ether oxygens (including phenoxy) is 2. The molecule has 0 aliphatic heterocycles. The molecule has 1 aromatic rings. The van der Waals surface area contributed by atoms with E-state index >= 15 is 0 Å². The van der Waals surface area contributed by atoms with Crippen LogP contribution in [0.25, 0.3) is 0 Å². The first-order valence-electron chi connectivity index (χ1n) is 6.40. The molecule has 1 unspecified atom stereocenters. The van der Waals surface area contributed by atoms with Crippen molar-refractivity contribution in [1.29, 1.82) is 0 Å². The summed E-state index contributed by atoms with van der Waals surface area (Å²) >= 11 is 5.82. The molecule has 0 saturated carbocycles. The Morgan fingerprint density at radius 2 is 1.75 bits per heavy atom. The molecule has 20 heavy (non-hydrogen) atoms. The van der Waals surface area contributed by atoms with Gasteiger partial charge in [0, 0.05) is 12.1 Å². The summed E-state index contributed by atoms with van der Waals surface area (Å²) in [6.45, 7) is 4.94. The molecule has 0 aromatic heterocycles. The zero-order valence-electron chi connectivity index (χ0n) is 11.9. The van der Waals surface area contributed by atoms with Crippen molar-refractivity contribution in [3.63, 3.8) is 0 Å². The lowest BCUT2D eigenvalue weighted by atomic mass is 10.2. The summed E-state index contributed by atoms with van der Waals surface area (Å²) in [5.41, 5.74) is 1.00. The Labute approximate surface area is 125 Å². The van der Waals surface area contributed by atoms with Gasteiger partial charge in [0.05, 0.1) is 19.8 Å². The lowest BCUT2D eigenvalue weighted by Gasteiger charge is -2.11. The van der Waals surface area contributed by atoms with E-state index < -0.39 is 14.1 Å². The van der Waals surface area contributed by atoms with Crippen molar-refractivity contribution < 1.29 is 18.7 Å². The van der Waals surface area contributed by atoms with Gasteiger partial charge in [0.2, 0.25) is 0 Å². The minimum Gasteiger partial charge on any atom is -0.311 e. The molecule has 0 bridgehead atoms. The Hall–Kier alpha value is -0.550. The van der Waals surface area contributed by atoms with Crippen LogP contribution in [0.3, 0.4) is 0 Å². The van der Waals surface area contributed by atoms with Crippen molar-refractivity contribution in [3.8, 4) is 0 Å². The van der Waals surface area contributed by atoms with Crippen LogP contribution < -0.4 is 0 Å². The SMILES string of the molecule is CCOC(OCC)[P+](=O)ON(C)Cc1ccc(Cl)cc1. The van der Waals surface area contributed by atoms with Gasteiger partial charge in [-0.25, -0.2) is 0 Å². The van der Waals surface area contributed by atoms with E-state index in [0.29, 0.717) is 24.8 Å². The summed E-state index contributed by atoms with van der Waals surface area (Å²) in [5, 5.41) is 2.17. The van der Waals surface area contributed by atoms with Gasteiger partial charge in [-0.3, -0.25) is 0 Å². The summed E-state index contributed by atoms with van der Waals surface area (Å²) < 4.78 is 27.8. The van der Waals surface area contributed by atoms with Crippen LogP contribution in [-0.4, -0.2) is 31.4 Å². The first-order chi connectivity index (χ1) is 9.56. The number of hydrogen-bond donors (Lipinski definition) is 0. The number of hydroxylamine groups is 2. The number of hydrogen-bond acceptors (Lipinski definition) is 5. The second kappa shape index (κ2) is 9.40. The van der Waals surface area contributed by atoms with E-state index in [1.165, 1.54) is 5.06 Å². The molecule has 0 N–H and O–H groups in total. The van der Waals surface area contributed by atoms with E-state index in [1.807, 2.05) is 26.0 Å². The van der Waals surface area contributed by atoms with Crippen LogP contribution in [-0.2, 0) is 25.2 Å². The lowest BCUT2D eigenvalue weighted by Crippen LogP contribution is -2.20. The standard InChI is InChI=1S/C13H20ClNO4P/c1-4-17-13(18-5-2)20(16)19-15(3)10-11-6-8-12(14)9-7-11/h6-9,13H,4-5,10H2,1-3H3/q+1. The topological polar surface area (TPSA) is 48.0 Å². The van der Waals surface area contributed by atoms with Crippen molar-refractivity contribution >= 4 is 19.6 Å².